The molecule has 0 saturated heterocycles. The molecule has 0 spiro atoms. The Morgan fingerprint density at radius 3 is 2.82 bits per heavy atom. The average molecular weight is 153 g/mol. The highest BCUT2D eigenvalue weighted by molar-refractivity contribution is 5.78. The molecule has 0 fully saturated rings. The summed E-state index contributed by atoms with van der Waals surface area (Å²) in [7, 11) is 0. The summed E-state index contributed by atoms with van der Waals surface area (Å²) in [6.07, 6.45) is 3.74. The minimum Gasteiger partial charge on any atom is -0.377 e. The molecule has 1 rings (SSSR count). The van der Waals surface area contributed by atoms with Crippen LogP contribution in [0.2, 0.25) is 0 Å². The van der Waals surface area contributed by atoms with Crippen LogP contribution in [0.15, 0.2) is 17.6 Å². The van der Waals surface area contributed by atoms with Crippen LogP contribution < -0.4 is 0 Å². The number of ether oxygens (including phenoxy) is 1. The summed E-state index contributed by atoms with van der Waals surface area (Å²) in [5.41, 5.74) is 0.170. The zero-order valence-corrected chi connectivity index (χ0v) is 7.21. The second-order valence-corrected chi connectivity index (χ2v) is 3.54. The molecule has 0 amide bonds. The van der Waals surface area contributed by atoms with Gasteiger partial charge in [0.25, 0.3) is 0 Å². The maximum absolute atomic E-state index is 5.35. The van der Waals surface area contributed by atoms with Crippen molar-refractivity contribution in [1.82, 2.24) is 0 Å². The lowest BCUT2D eigenvalue weighted by atomic mass is 9.90. The average Bonchev–Trinajstić information content (AvgIpc) is 2.68. The molecule has 11 heavy (non-hydrogen) atoms. The van der Waals surface area contributed by atoms with E-state index in [0.29, 0.717) is 12.6 Å². The molecule has 0 aromatic heterocycles. The number of aliphatic imine (C=N–C) groups is 1. The first-order valence-electron chi connectivity index (χ1n) is 3.89. The van der Waals surface area contributed by atoms with Gasteiger partial charge in [-0.3, -0.25) is 4.99 Å². The van der Waals surface area contributed by atoms with Gasteiger partial charge < -0.3 is 4.74 Å². The Morgan fingerprint density at radius 2 is 2.36 bits per heavy atom. The van der Waals surface area contributed by atoms with E-state index in [1.165, 1.54) is 0 Å². The quantitative estimate of drug-likeness (QED) is 0.435. The zero-order chi connectivity index (χ0) is 8.32. The highest BCUT2D eigenvalue weighted by Gasteiger charge is 2.33. The van der Waals surface area contributed by atoms with Gasteiger partial charge in [-0.25, -0.2) is 0 Å². The fraction of sp³-hybridized carbons (Fsp3) is 0.667. The fourth-order valence-electron chi connectivity index (χ4n) is 0.937. The van der Waals surface area contributed by atoms with Gasteiger partial charge in [-0.15, -0.1) is 6.58 Å². The van der Waals surface area contributed by atoms with Crippen molar-refractivity contribution in [3.63, 3.8) is 0 Å². The highest BCUT2D eigenvalue weighted by Crippen LogP contribution is 2.28. The first-order chi connectivity index (χ1) is 5.17. The van der Waals surface area contributed by atoms with Gasteiger partial charge >= 0.3 is 0 Å². The van der Waals surface area contributed by atoms with Crippen LogP contribution in [-0.2, 0) is 4.74 Å². The smallest absolute Gasteiger partial charge is 0.0915 e. The molecule has 0 bridgehead atoms. The SMILES string of the molecule is C=CCOCC(C)(C)C1C=N1. The first kappa shape index (κ1) is 8.47. The Balaban J connectivity index is 2.17. The molecule has 2 nitrogen and oxygen atoms in total. The van der Waals surface area contributed by atoms with Crippen LogP contribution in [0, 0.1) is 5.41 Å². The summed E-state index contributed by atoms with van der Waals surface area (Å²) in [6.45, 7) is 9.29. The lowest BCUT2D eigenvalue weighted by molar-refractivity contribution is 0.0826. The monoisotopic (exact) mass is 153 g/mol. The molecular weight excluding hydrogens is 138 g/mol. The van der Waals surface area contributed by atoms with E-state index in [1.807, 2.05) is 6.21 Å². The molecule has 1 aliphatic heterocycles. The van der Waals surface area contributed by atoms with Gasteiger partial charge in [-0.05, 0) is 0 Å². The highest BCUT2D eigenvalue weighted by atomic mass is 16.5. The molecule has 0 aliphatic carbocycles. The number of hydrogen-bond acceptors (Lipinski definition) is 2. The summed E-state index contributed by atoms with van der Waals surface area (Å²) in [6, 6.07) is 0.410. The predicted molar refractivity (Wildman–Crippen MR) is 47.1 cm³/mol. The molecular formula is C9H15NO. The number of hydrogen-bond donors (Lipinski definition) is 0. The zero-order valence-electron chi connectivity index (χ0n) is 7.21. The van der Waals surface area contributed by atoms with Crippen molar-refractivity contribution in [2.75, 3.05) is 13.2 Å². The van der Waals surface area contributed by atoms with Gasteiger partial charge in [0.05, 0.1) is 19.3 Å². The van der Waals surface area contributed by atoms with Crippen LogP contribution in [0.5, 0.6) is 0 Å². The van der Waals surface area contributed by atoms with Crippen molar-refractivity contribution < 1.29 is 4.74 Å². The van der Waals surface area contributed by atoms with Crippen LogP contribution >= 0.6 is 0 Å². The standard InChI is InChI=1S/C9H15NO/c1-4-5-11-7-9(2,3)8-6-10-8/h4,6,8H,1,5,7H2,2-3H3. The number of nitrogens with zero attached hydrogens (tertiary/aromatic N) is 1. The van der Waals surface area contributed by atoms with Crippen LogP contribution in [0.25, 0.3) is 0 Å². The van der Waals surface area contributed by atoms with Crippen molar-refractivity contribution in [1.29, 1.82) is 0 Å². The molecule has 1 atom stereocenters. The lowest BCUT2D eigenvalue weighted by Crippen LogP contribution is -2.26. The van der Waals surface area contributed by atoms with E-state index in [-0.39, 0.29) is 5.41 Å². The Kier molecular flexibility index (Phi) is 2.45. The van der Waals surface area contributed by atoms with Crippen LogP contribution in [-0.4, -0.2) is 25.5 Å². The topological polar surface area (TPSA) is 21.6 Å². The third-order valence-electron chi connectivity index (χ3n) is 1.81. The van der Waals surface area contributed by atoms with Gasteiger partial charge in [-0.1, -0.05) is 19.9 Å². The molecule has 1 unspecified atom stereocenters. The van der Waals surface area contributed by atoms with Gasteiger partial charge in [0.15, 0.2) is 0 Å². The van der Waals surface area contributed by atoms with Gasteiger partial charge in [0.2, 0.25) is 0 Å². The predicted octanol–water partition coefficient (Wildman–Crippen LogP) is 1.67. The summed E-state index contributed by atoms with van der Waals surface area (Å²) in [4.78, 5) is 4.12. The Bertz CT molecular complexity index is 166. The third-order valence-corrected chi connectivity index (χ3v) is 1.81. The summed E-state index contributed by atoms with van der Waals surface area (Å²) in [5.74, 6) is 0. The van der Waals surface area contributed by atoms with Gasteiger partial charge in [0, 0.05) is 11.6 Å². The van der Waals surface area contributed by atoms with E-state index in [4.69, 9.17) is 4.74 Å². The summed E-state index contributed by atoms with van der Waals surface area (Å²) in [5, 5.41) is 0. The molecule has 0 aromatic carbocycles. The van der Waals surface area contributed by atoms with Crippen molar-refractivity contribution in [3.8, 4) is 0 Å². The van der Waals surface area contributed by atoms with E-state index in [0.717, 1.165) is 6.61 Å². The minimum absolute atomic E-state index is 0.170. The second-order valence-electron chi connectivity index (χ2n) is 3.54. The van der Waals surface area contributed by atoms with Crippen molar-refractivity contribution in [2.45, 2.75) is 19.9 Å². The van der Waals surface area contributed by atoms with E-state index < -0.39 is 0 Å². The molecule has 0 radical (unpaired) electrons. The Morgan fingerprint density at radius 1 is 1.73 bits per heavy atom. The van der Waals surface area contributed by atoms with Crippen molar-refractivity contribution in [3.05, 3.63) is 12.7 Å². The normalized spacial score (nSPS) is 21.8. The Hall–Kier alpha value is -0.630. The lowest BCUT2D eigenvalue weighted by Gasteiger charge is -2.21. The Labute approximate surface area is 68.0 Å². The van der Waals surface area contributed by atoms with E-state index in [9.17, 15) is 0 Å². The van der Waals surface area contributed by atoms with E-state index in [2.05, 4.69) is 25.4 Å². The molecule has 62 valence electrons. The maximum atomic E-state index is 5.35. The molecule has 1 aliphatic rings. The minimum atomic E-state index is 0.170. The van der Waals surface area contributed by atoms with E-state index in [1.54, 1.807) is 6.08 Å². The number of rotatable bonds is 5. The third kappa shape index (κ3) is 2.46. The van der Waals surface area contributed by atoms with Gasteiger partial charge in [0.1, 0.15) is 0 Å². The van der Waals surface area contributed by atoms with Crippen molar-refractivity contribution >= 4 is 6.21 Å². The molecule has 1 heterocycles. The second kappa shape index (κ2) is 3.18. The maximum Gasteiger partial charge on any atom is 0.0915 e. The van der Waals surface area contributed by atoms with Crippen molar-refractivity contribution in [2.24, 2.45) is 10.4 Å². The summed E-state index contributed by atoms with van der Waals surface area (Å²) >= 11 is 0. The van der Waals surface area contributed by atoms with Crippen LogP contribution in [0.4, 0.5) is 0 Å². The molecule has 0 aromatic rings. The summed E-state index contributed by atoms with van der Waals surface area (Å²) < 4.78 is 5.35. The van der Waals surface area contributed by atoms with Crippen LogP contribution in [0.1, 0.15) is 13.8 Å². The largest absolute Gasteiger partial charge is 0.377 e. The molecule has 2 heteroatoms. The van der Waals surface area contributed by atoms with Gasteiger partial charge in [-0.2, -0.15) is 0 Å². The first-order valence-corrected chi connectivity index (χ1v) is 3.89. The molecule has 0 N–H and O–H groups in total. The van der Waals surface area contributed by atoms with Crippen LogP contribution in [0.3, 0.4) is 0 Å². The fourth-order valence-corrected chi connectivity index (χ4v) is 0.937. The van der Waals surface area contributed by atoms with E-state index >= 15 is 0 Å². The molecule has 0 saturated carbocycles.